The van der Waals surface area contributed by atoms with Crippen molar-refractivity contribution in [3.05, 3.63) is 69.8 Å². The first kappa shape index (κ1) is 20.5. The largest absolute Gasteiger partial charge is 0.477 e. The van der Waals surface area contributed by atoms with E-state index in [0.29, 0.717) is 5.69 Å². The first-order valence-electron chi connectivity index (χ1n) is 8.70. The lowest BCUT2D eigenvalue weighted by Gasteiger charge is -2.07. The Morgan fingerprint density at radius 2 is 1.90 bits per heavy atom. The molecule has 10 nitrogen and oxygen atoms in total. The van der Waals surface area contributed by atoms with Crippen LogP contribution in [0.15, 0.2) is 53.1 Å². The Kier molecular flexibility index (Phi) is 6.06. The van der Waals surface area contributed by atoms with Gasteiger partial charge in [-0.05, 0) is 19.1 Å². The molecule has 0 aliphatic heterocycles. The van der Waals surface area contributed by atoms with Crippen LogP contribution in [-0.4, -0.2) is 35.7 Å². The van der Waals surface area contributed by atoms with Gasteiger partial charge in [0, 0.05) is 17.7 Å². The zero-order valence-electron chi connectivity index (χ0n) is 16.1. The van der Waals surface area contributed by atoms with Gasteiger partial charge in [0.1, 0.15) is 5.69 Å². The lowest BCUT2D eigenvalue weighted by molar-refractivity contribution is -0.385. The number of nitro groups is 1. The molecule has 1 heterocycles. The third-order valence-corrected chi connectivity index (χ3v) is 4.06. The Labute approximate surface area is 170 Å². The van der Waals surface area contributed by atoms with Gasteiger partial charge >= 0.3 is 11.7 Å². The van der Waals surface area contributed by atoms with E-state index in [9.17, 15) is 19.7 Å². The summed E-state index contributed by atoms with van der Waals surface area (Å²) in [6.07, 6.45) is 0. The molecule has 0 fully saturated rings. The minimum absolute atomic E-state index is 0.00806. The number of amides is 1. The Morgan fingerprint density at radius 3 is 2.57 bits per heavy atom. The van der Waals surface area contributed by atoms with E-state index in [0.717, 1.165) is 24.3 Å². The minimum atomic E-state index is -0.725. The second kappa shape index (κ2) is 8.86. The molecular formula is C20H17N3O7. The predicted octanol–water partition coefficient (Wildman–Crippen LogP) is 3.36. The van der Waals surface area contributed by atoms with Gasteiger partial charge in [-0.2, -0.15) is 0 Å². The topological polar surface area (TPSA) is 134 Å². The van der Waals surface area contributed by atoms with Crippen LogP contribution in [0.1, 0.15) is 15.9 Å². The van der Waals surface area contributed by atoms with E-state index in [-0.39, 0.29) is 17.2 Å². The number of nitrogens with zero attached hydrogens (tertiary/aromatic N) is 2. The quantitative estimate of drug-likeness (QED) is 0.355. The number of carbonyl (C=O) groups excluding carboxylic acids is 2. The smallest absolute Gasteiger partial charge is 0.338 e. The molecule has 0 saturated heterocycles. The summed E-state index contributed by atoms with van der Waals surface area (Å²) in [5.74, 6) is -1.39. The average Bonchev–Trinajstić information content (AvgIpc) is 3.20. The van der Waals surface area contributed by atoms with Crippen LogP contribution in [0.25, 0.3) is 11.3 Å². The average molecular weight is 411 g/mol. The van der Waals surface area contributed by atoms with E-state index < -0.39 is 29.1 Å². The van der Waals surface area contributed by atoms with Gasteiger partial charge in [-0.1, -0.05) is 35.0 Å². The normalized spacial score (nSPS) is 10.3. The fraction of sp³-hybridized carbons (Fsp3) is 0.150. The van der Waals surface area contributed by atoms with E-state index in [4.69, 9.17) is 9.26 Å². The number of carbonyl (C=O) groups is 2. The van der Waals surface area contributed by atoms with Gasteiger partial charge in [-0.3, -0.25) is 20.2 Å². The van der Waals surface area contributed by atoms with E-state index >= 15 is 0 Å². The van der Waals surface area contributed by atoms with E-state index in [1.165, 1.54) is 12.1 Å². The fourth-order valence-corrected chi connectivity index (χ4v) is 2.54. The number of aryl methyl sites for hydroxylation is 1. The van der Waals surface area contributed by atoms with Crippen molar-refractivity contribution in [2.24, 2.45) is 0 Å². The molecule has 0 aliphatic rings. The van der Waals surface area contributed by atoms with Gasteiger partial charge in [0.05, 0.1) is 17.6 Å². The zero-order chi connectivity index (χ0) is 21.7. The second-order valence-electron chi connectivity index (χ2n) is 6.21. The van der Waals surface area contributed by atoms with Crippen LogP contribution in [0, 0.1) is 17.0 Å². The number of hydrogen-bond donors (Lipinski definition) is 1. The molecule has 30 heavy (non-hydrogen) atoms. The molecule has 0 radical (unpaired) electrons. The molecule has 1 aromatic heterocycles. The molecule has 154 valence electrons. The highest BCUT2D eigenvalue weighted by molar-refractivity contribution is 5.92. The lowest BCUT2D eigenvalue weighted by Crippen LogP contribution is -2.20. The maximum Gasteiger partial charge on any atom is 0.338 e. The van der Waals surface area contributed by atoms with Crippen molar-refractivity contribution in [1.82, 2.24) is 5.16 Å². The van der Waals surface area contributed by atoms with Crippen LogP contribution >= 0.6 is 0 Å². The second-order valence-corrected chi connectivity index (χ2v) is 6.21. The summed E-state index contributed by atoms with van der Waals surface area (Å²) in [5.41, 5.74) is 1.99. The number of benzene rings is 2. The van der Waals surface area contributed by atoms with Crippen molar-refractivity contribution in [1.29, 1.82) is 0 Å². The first-order valence-corrected chi connectivity index (χ1v) is 8.70. The van der Waals surface area contributed by atoms with Gasteiger partial charge in [-0.25, -0.2) is 4.79 Å². The summed E-state index contributed by atoms with van der Waals surface area (Å²) in [7, 11) is 1.16. The molecular weight excluding hydrogens is 394 g/mol. The highest BCUT2D eigenvalue weighted by atomic mass is 16.6. The minimum Gasteiger partial charge on any atom is -0.477 e. The van der Waals surface area contributed by atoms with E-state index in [1.54, 1.807) is 6.07 Å². The Bertz CT molecular complexity index is 1090. The number of hydrogen-bond acceptors (Lipinski definition) is 8. The SMILES string of the molecule is COC(=O)c1ccc(OCC(=O)Nc2cc(-c3ccc(C)cc3)no2)c([N+](=O)[O-])c1. The highest BCUT2D eigenvalue weighted by Gasteiger charge is 2.20. The summed E-state index contributed by atoms with van der Waals surface area (Å²) in [5, 5.41) is 17.6. The van der Waals surface area contributed by atoms with Crippen LogP contribution in [0.2, 0.25) is 0 Å². The van der Waals surface area contributed by atoms with Crippen molar-refractivity contribution in [2.45, 2.75) is 6.92 Å². The van der Waals surface area contributed by atoms with Gasteiger partial charge in [0.25, 0.3) is 5.91 Å². The highest BCUT2D eigenvalue weighted by Crippen LogP contribution is 2.28. The number of ether oxygens (including phenoxy) is 2. The Balaban J connectivity index is 1.64. The van der Waals surface area contributed by atoms with Crippen molar-refractivity contribution >= 4 is 23.4 Å². The lowest BCUT2D eigenvalue weighted by atomic mass is 10.1. The van der Waals surface area contributed by atoms with Crippen LogP contribution in [-0.2, 0) is 9.53 Å². The number of esters is 1. The van der Waals surface area contributed by atoms with E-state index in [1.807, 2.05) is 31.2 Å². The molecule has 3 rings (SSSR count). The Morgan fingerprint density at radius 1 is 1.17 bits per heavy atom. The molecule has 2 aromatic carbocycles. The summed E-state index contributed by atoms with van der Waals surface area (Å²) in [6.45, 7) is 1.45. The van der Waals surface area contributed by atoms with Crippen molar-refractivity contribution in [2.75, 3.05) is 19.0 Å². The maximum atomic E-state index is 12.1. The van der Waals surface area contributed by atoms with Gasteiger partial charge in [-0.15, -0.1) is 0 Å². The standard InChI is InChI=1S/C20H17N3O7/c1-12-3-5-13(6-4-12)15-10-19(30-22-15)21-18(24)11-29-17-8-7-14(20(25)28-2)9-16(17)23(26)27/h3-10H,11H2,1-2H3,(H,21,24). The monoisotopic (exact) mass is 411 g/mol. The van der Waals surface area contributed by atoms with Gasteiger partial charge < -0.3 is 14.0 Å². The molecule has 3 aromatic rings. The number of aromatic nitrogens is 1. The molecule has 0 spiro atoms. The molecule has 1 N–H and O–H groups in total. The van der Waals surface area contributed by atoms with Crippen LogP contribution in [0.4, 0.5) is 11.6 Å². The number of anilines is 1. The van der Waals surface area contributed by atoms with Gasteiger partial charge in [0.15, 0.2) is 12.4 Å². The molecule has 0 unspecified atom stereocenters. The zero-order valence-corrected chi connectivity index (χ0v) is 16.1. The third-order valence-electron chi connectivity index (χ3n) is 4.06. The van der Waals surface area contributed by atoms with Crippen LogP contribution < -0.4 is 10.1 Å². The molecule has 10 heteroatoms. The summed E-state index contributed by atoms with van der Waals surface area (Å²) >= 11 is 0. The predicted molar refractivity (Wildman–Crippen MR) is 105 cm³/mol. The first-order chi connectivity index (χ1) is 14.4. The van der Waals surface area contributed by atoms with E-state index in [2.05, 4.69) is 15.2 Å². The van der Waals surface area contributed by atoms with Gasteiger partial charge in [0.2, 0.25) is 5.88 Å². The van der Waals surface area contributed by atoms with Crippen molar-refractivity contribution in [3.8, 4) is 17.0 Å². The van der Waals surface area contributed by atoms with Crippen LogP contribution in [0.5, 0.6) is 5.75 Å². The number of methoxy groups -OCH3 is 1. The fourth-order valence-electron chi connectivity index (χ4n) is 2.54. The van der Waals surface area contributed by atoms with Crippen molar-refractivity contribution < 1.29 is 28.5 Å². The number of rotatable bonds is 7. The maximum absolute atomic E-state index is 12.1. The number of nitro benzene ring substituents is 1. The van der Waals surface area contributed by atoms with Crippen LogP contribution in [0.3, 0.4) is 0 Å². The molecule has 1 amide bonds. The molecule has 0 bridgehead atoms. The number of nitrogens with one attached hydrogen (secondary N) is 1. The Hall–Kier alpha value is -4.21. The molecule has 0 aliphatic carbocycles. The third kappa shape index (κ3) is 4.79. The summed E-state index contributed by atoms with van der Waals surface area (Å²) in [4.78, 5) is 34.1. The molecule has 0 atom stereocenters. The summed E-state index contributed by atoms with van der Waals surface area (Å²) < 4.78 is 14.9. The molecule has 0 saturated carbocycles. The van der Waals surface area contributed by atoms with Crippen molar-refractivity contribution in [3.63, 3.8) is 0 Å². The summed E-state index contributed by atoms with van der Waals surface area (Å²) in [6, 6.07) is 12.7.